The summed E-state index contributed by atoms with van der Waals surface area (Å²) in [5.74, 6) is -0.158. The Bertz CT molecular complexity index is 717. The maximum absolute atomic E-state index is 13.3. The highest BCUT2D eigenvalue weighted by atomic mass is 79.9. The Balaban J connectivity index is 2.34. The fourth-order valence-corrected chi connectivity index (χ4v) is 3.51. The van der Waals surface area contributed by atoms with E-state index in [-0.39, 0.29) is 15.1 Å². The number of anilines is 1. The van der Waals surface area contributed by atoms with Crippen molar-refractivity contribution in [1.82, 2.24) is 4.72 Å². The minimum absolute atomic E-state index is 0.0257. The molecule has 0 amide bonds. The van der Waals surface area contributed by atoms with E-state index in [2.05, 4.69) is 20.7 Å². The van der Waals surface area contributed by atoms with Crippen molar-refractivity contribution in [3.8, 4) is 0 Å². The summed E-state index contributed by atoms with van der Waals surface area (Å²) in [4.78, 5) is -0.191. The van der Waals surface area contributed by atoms with Crippen molar-refractivity contribution in [1.29, 1.82) is 0 Å². The van der Waals surface area contributed by atoms with Crippen LogP contribution in [-0.2, 0) is 10.0 Å². The zero-order valence-electron chi connectivity index (χ0n) is 10.4. The average molecular weight is 363 g/mol. The fourth-order valence-electron chi connectivity index (χ4n) is 1.67. The zero-order valence-corrected chi connectivity index (χ0v) is 12.8. The lowest BCUT2D eigenvalue weighted by Crippen LogP contribution is -2.27. The minimum atomic E-state index is -3.89. The lowest BCUT2D eigenvalue weighted by Gasteiger charge is -2.14. The van der Waals surface area contributed by atoms with Gasteiger partial charge in [-0.25, -0.2) is 17.5 Å². The van der Waals surface area contributed by atoms with Gasteiger partial charge in [-0.1, -0.05) is 0 Å². The zero-order chi connectivity index (χ0) is 14.9. The number of nitrogen functional groups attached to an aromatic ring is 1. The molecule has 1 atom stereocenters. The van der Waals surface area contributed by atoms with Crippen LogP contribution in [0.5, 0.6) is 0 Å². The van der Waals surface area contributed by atoms with Crippen LogP contribution < -0.4 is 10.5 Å². The first-order chi connectivity index (χ1) is 9.31. The van der Waals surface area contributed by atoms with Crippen molar-refractivity contribution < 1.29 is 17.2 Å². The molecule has 1 aromatic carbocycles. The Morgan fingerprint density at radius 2 is 2.15 bits per heavy atom. The number of nitrogens with one attached hydrogen (secondary N) is 1. The predicted molar refractivity (Wildman–Crippen MR) is 76.0 cm³/mol. The van der Waals surface area contributed by atoms with Gasteiger partial charge in [-0.05, 0) is 47.1 Å². The Morgan fingerprint density at radius 3 is 2.75 bits per heavy atom. The third-order valence-electron chi connectivity index (χ3n) is 2.64. The third kappa shape index (κ3) is 3.02. The van der Waals surface area contributed by atoms with Gasteiger partial charge in [0.15, 0.2) is 0 Å². The smallest absolute Gasteiger partial charge is 0.243 e. The van der Waals surface area contributed by atoms with Crippen LogP contribution in [-0.4, -0.2) is 8.42 Å². The van der Waals surface area contributed by atoms with E-state index in [1.165, 1.54) is 6.26 Å². The second-order valence-corrected chi connectivity index (χ2v) is 6.70. The summed E-state index contributed by atoms with van der Waals surface area (Å²) >= 11 is 2.94. The van der Waals surface area contributed by atoms with Gasteiger partial charge in [-0.15, -0.1) is 0 Å². The van der Waals surface area contributed by atoms with Crippen LogP contribution in [0.2, 0.25) is 0 Å². The molecule has 0 spiro atoms. The molecule has 2 aromatic rings. The molecule has 0 saturated heterocycles. The second-order valence-electron chi connectivity index (χ2n) is 4.16. The Kier molecular flexibility index (Phi) is 4.17. The molecule has 5 nitrogen and oxygen atoms in total. The van der Waals surface area contributed by atoms with Crippen molar-refractivity contribution in [2.75, 3.05) is 5.73 Å². The van der Waals surface area contributed by atoms with Crippen molar-refractivity contribution in [3.05, 3.63) is 46.6 Å². The van der Waals surface area contributed by atoms with Gasteiger partial charge in [0.25, 0.3) is 0 Å². The first-order valence-electron chi connectivity index (χ1n) is 5.61. The normalized spacial score (nSPS) is 13.3. The molecule has 20 heavy (non-hydrogen) atoms. The van der Waals surface area contributed by atoms with E-state index in [0.29, 0.717) is 5.76 Å². The fraction of sp³-hybridized carbons (Fsp3) is 0.167. The highest BCUT2D eigenvalue weighted by molar-refractivity contribution is 9.10. The SMILES string of the molecule is CC(NS(=O)(=O)c1cc(Br)c(F)cc1N)c1ccco1. The van der Waals surface area contributed by atoms with E-state index < -0.39 is 21.9 Å². The van der Waals surface area contributed by atoms with Crippen molar-refractivity contribution in [2.24, 2.45) is 0 Å². The number of hydrogen-bond acceptors (Lipinski definition) is 4. The molecule has 0 fully saturated rings. The van der Waals surface area contributed by atoms with Crippen LogP contribution in [0.3, 0.4) is 0 Å². The summed E-state index contributed by atoms with van der Waals surface area (Å²) in [6.07, 6.45) is 1.45. The highest BCUT2D eigenvalue weighted by Crippen LogP contribution is 2.27. The molecule has 2 rings (SSSR count). The molecule has 108 valence electrons. The van der Waals surface area contributed by atoms with Gasteiger partial charge >= 0.3 is 0 Å². The number of rotatable bonds is 4. The van der Waals surface area contributed by atoms with Crippen molar-refractivity contribution in [3.63, 3.8) is 0 Å². The van der Waals surface area contributed by atoms with E-state index in [9.17, 15) is 12.8 Å². The maximum Gasteiger partial charge on any atom is 0.243 e. The van der Waals surface area contributed by atoms with E-state index >= 15 is 0 Å². The van der Waals surface area contributed by atoms with Crippen molar-refractivity contribution >= 4 is 31.6 Å². The molecule has 8 heteroatoms. The van der Waals surface area contributed by atoms with Crippen LogP contribution >= 0.6 is 15.9 Å². The van der Waals surface area contributed by atoms with Gasteiger partial charge in [0.2, 0.25) is 10.0 Å². The van der Waals surface area contributed by atoms with E-state index in [4.69, 9.17) is 10.2 Å². The van der Waals surface area contributed by atoms with Crippen LogP contribution in [0.15, 0.2) is 44.3 Å². The van der Waals surface area contributed by atoms with Crippen LogP contribution in [0, 0.1) is 5.82 Å². The third-order valence-corrected chi connectivity index (χ3v) is 4.85. The molecule has 1 heterocycles. The van der Waals surface area contributed by atoms with Crippen LogP contribution in [0.4, 0.5) is 10.1 Å². The number of halogens is 2. The minimum Gasteiger partial charge on any atom is -0.468 e. The summed E-state index contributed by atoms with van der Waals surface area (Å²) < 4.78 is 45.3. The first-order valence-corrected chi connectivity index (χ1v) is 7.89. The number of nitrogens with two attached hydrogens (primary N) is 1. The Hall–Kier alpha value is -1.38. The molecule has 3 N–H and O–H groups in total. The standard InChI is InChI=1S/C12H12BrFN2O3S/c1-7(11-3-2-4-19-11)16-20(17,18)12-5-8(13)9(14)6-10(12)15/h2-7,16H,15H2,1H3. The molecule has 0 aliphatic carbocycles. The molecule has 1 unspecified atom stereocenters. The first kappa shape index (κ1) is 15.0. The van der Waals surface area contributed by atoms with E-state index in [0.717, 1.165) is 12.1 Å². The Morgan fingerprint density at radius 1 is 1.45 bits per heavy atom. The van der Waals surface area contributed by atoms with Crippen LogP contribution in [0.1, 0.15) is 18.7 Å². The highest BCUT2D eigenvalue weighted by Gasteiger charge is 2.23. The predicted octanol–water partition coefficient (Wildman–Crippen LogP) is 2.80. The summed E-state index contributed by atoms with van der Waals surface area (Å²) in [7, 11) is -3.89. The van der Waals surface area contributed by atoms with Gasteiger partial charge in [-0.2, -0.15) is 0 Å². The summed E-state index contributed by atoms with van der Waals surface area (Å²) in [6, 6.07) is 4.82. The lowest BCUT2D eigenvalue weighted by atomic mass is 10.3. The topological polar surface area (TPSA) is 85.3 Å². The molecule has 0 bridgehead atoms. The average Bonchev–Trinajstić information content (AvgIpc) is 2.86. The number of furan rings is 1. The largest absolute Gasteiger partial charge is 0.468 e. The molecule has 0 aliphatic rings. The van der Waals surface area contributed by atoms with Gasteiger partial charge in [0.05, 0.1) is 22.5 Å². The van der Waals surface area contributed by atoms with Gasteiger partial charge in [0.1, 0.15) is 16.5 Å². The van der Waals surface area contributed by atoms with E-state index in [1.54, 1.807) is 19.1 Å². The van der Waals surface area contributed by atoms with E-state index in [1.807, 2.05) is 0 Å². The molecular weight excluding hydrogens is 351 g/mol. The quantitative estimate of drug-likeness (QED) is 0.818. The molecule has 0 radical (unpaired) electrons. The lowest BCUT2D eigenvalue weighted by molar-refractivity contribution is 0.459. The number of sulfonamides is 1. The monoisotopic (exact) mass is 362 g/mol. The summed E-state index contributed by atoms with van der Waals surface area (Å²) in [6.45, 7) is 1.63. The van der Waals surface area contributed by atoms with Crippen molar-refractivity contribution in [2.45, 2.75) is 17.9 Å². The van der Waals surface area contributed by atoms with Crippen LogP contribution in [0.25, 0.3) is 0 Å². The van der Waals surface area contributed by atoms with Gasteiger partial charge < -0.3 is 10.2 Å². The molecular formula is C12H12BrFN2O3S. The number of hydrogen-bond donors (Lipinski definition) is 2. The molecule has 0 saturated carbocycles. The number of benzene rings is 1. The summed E-state index contributed by atoms with van der Waals surface area (Å²) in [5.41, 5.74) is 5.41. The molecule has 0 aliphatic heterocycles. The summed E-state index contributed by atoms with van der Waals surface area (Å²) in [5, 5.41) is 0. The van der Waals surface area contributed by atoms with Gasteiger partial charge in [-0.3, -0.25) is 0 Å². The second kappa shape index (κ2) is 5.55. The van der Waals surface area contributed by atoms with Gasteiger partial charge in [0, 0.05) is 0 Å². The Labute approximate surface area is 124 Å². The molecule has 1 aromatic heterocycles. The maximum atomic E-state index is 13.3.